The lowest BCUT2D eigenvalue weighted by Crippen LogP contribution is -2.52. The van der Waals surface area contributed by atoms with Crippen molar-refractivity contribution < 1.29 is 5.11 Å². The van der Waals surface area contributed by atoms with Crippen molar-refractivity contribution in [2.75, 3.05) is 26.2 Å². The summed E-state index contributed by atoms with van der Waals surface area (Å²) < 4.78 is 0. The fraction of sp³-hybridized carbons (Fsp3) is 1.00. The summed E-state index contributed by atoms with van der Waals surface area (Å²) in [7, 11) is 0. The third-order valence-electron chi connectivity index (χ3n) is 5.72. The molecule has 1 unspecified atom stereocenters. The number of piperidine rings is 1. The molecule has 1 N–H and O–H groups in total. The highest BCUT2D eigenvalue weighted by Gasteiger charge is 2.38. The van der Waals surface area contributed by atoms with Crippen molar-refractivity contribution in [2.24, 2.45) is 5.92 Å². The monoisotopic (exact) mass is 296 g/mol. The van der Waals surface area contributed by atoms with E-state index in [0.29, 0.717) is 5.54 Å². The summed E-state index contributed by atoms with van der Waals surface area (Å²) in [6, 6.07) is 0. The van der Waals surface area contributed by atoms with E-state index in [-0.39, 0.29) is 5.54 Å². The van der Waals surface area contributed by atoms with E-state index in [1.807, 2.05) is 6.92 Å². The third-order valence-corrected chi connectivity index (χ3v) is 5.72. The Labute approximate surface area is 131 Å². The zero-order valence-corrected chi connectivity index (χ0v) is 15.1. The molecule has 2 aliphatic rings. The maximum absolute atomic E-state index is 10.1. The molecule has 3 nitrogen and oxygen atoms in total. The molecule has 0 aromatic heterocycles. The maximum atomic E-state index is 10.1. The summed E-state index contributed by atoms with van der Waals surface area (Å²) in [5.74, 6) is 0.821. The molecule has 0 bridgehead atoms. The van der Waals surface area contributed by atoms with E-state index in [4.69, 9.17) is 0 Å². The Bertz CT molecular complexity index is 347. The largest absolute Gasteiger partial charge is 0.390 e. The van der Waals surface area contributed by atoms with Crippen molar-refractivity contribution in [3.05, 3.63) is 0 Å². The first kappa shape index (κ1) is 17.2. The first-order valence-corrected chi connectivity index (χ1v) is 8.72. The fourth-order valence-electron chi connectivity index (χ4n) is 4.04. The van der Waals surface area contributed by atoms with Crippen LogP contribution < -0.4 is 0 Å². The summed E-state index contributed by atoms with van der Waals surface area (Å²) in [6.07, 6.45) is 4.44. The van der Waals surface area contributed by atoms with Crippen molar-refractivity contribution in [3.63, 3.8) is 0 Å². The lowest BCUT2D eigenvalue weighted by Gasteiger charge is -2.46. The first-order valence-electron chi connectivity index (χ1n) is 8.72. The average molecular weight is 296 g/mol. The molecule has 0 aromatic carbocycles. The Morgan fingerprint density at radius 1 is 1.00 bits per heavy atom. The molecular formula is C18H36N2O. The Kier molecular flexibility index (Phi) is 4.78. The van der Waals surface area contributed by atoms with Gasteiger partial charge in [-0.05, 0) is 79.7 Å². The molecule has 0 saturated carbocycles. The van der Waals surface area contributed by atoms with Gasteiger partial charge in [0.1, 0.15) is 0 Å². The Hall–Kier alpha value is -0.120. The van der Waals surface area contributed by atoms with Gasteiger partial charge in [-0.25, -0.2) is 0 Å². The molecule has 0 spiro atoms. The van der Waals surface area contributed by atoms with Gasteiger partial charge >= 0.3 is 0 Å². The van der Waals surface area contributed by atoms with Crippen molar-refractivity contribution in [1.82, 2.24) is 9.80 Å². The molecular weight excluding hydrogens is 260 g/mol. The molecule has 2 rings (SSSR count). The summed E-state index contributed by atoms with van der Waals surface area (Å²) >= 11 is 0. The van der Waals surface area contributed by atoms with Crippen LogP contribution in [-0.4, -0.2) is 57.8 Å². The van der Waals surface area contributed by atoms with Crippen LogP contribution in [0.4, 0.5) is 0 Å². The number of hydrogen-bond donors (Lipinski definition) is 1. The van der Waals surface area contributed by atoms with Crippen LogP contribution in [0.15, 0.2) is 0 Å². The molecule has 2 heterocycles. The van der Waals surface area contributed by atoms with E-state index in [9.17, 15) is 5.11 Å². The fourth-order valence-corrected chi connectivity index (χ4v) is 4.04. The van der Waals surface area contributed by atoms with E-state index in [0.717, 1.165) is 31.8 Å². The molecule has 2 fully saturated rings. The first-order chi connectivity index (χ1) is 9.50. The number of rotatable bonds is 3. The summed E-state index contributed by atoms with van der Waals surface area (Å²) in [4.78, 5) is 5.24. The standard InChI is InChI=1S/C18H36N2O/c1-16(2,3)20-10-7-15(14-20)13-17(4,5)19-11-8-18(6,21)9-12-19/h15,21H,7-14H2,1-6H3. The lowest BCUT2D eigenvalue weighted by molar-refractivity contribution is -0.0370. The zero-order chi connectivity index (χ0) is 15.9. The van der Waals surface area contributed by atoms with Crippen molar-refractivity contribution >= 4 is 0 Å². The highest BCUT2D eigenvalue weighted by molar-refractivity contribution is 4.93. The molecule has 2 aliphatic heterocycles. The van der Waals surface area contributed by atoms with Gasteiger partial charge in [0.15, 0.2) is 0 Å². The second kappa shape index (κ2) is 5.82. The Balaban J connectivity index is 1.87. The topological polar surface area (TPSA) is 26.7 Å². The summed E-state index contributed by atoms with van der Waals surface area (Å²) in [5.41, 5.74) is 0.126. The molecule has 3 heteroatoms. The third kappa shape index (κ3) is 4.43. The van der Waals surface area contributed by atoms with Gasteiger partial charge < -0.3 is 5.11 Å². The average Bonchev–Trinajstić information content (AvgIpc) is 2.75. The molecule has 21 heavy (non-hydrogen) atoms. The van der Waals surface area contributed by atoms with Crippen molar-refractivity contribution in [1.29, 1.82) is 0 Å². The lowest BCUT2D eigenvalue weighted by atomic mass is 9.84. The van der Waals surface area contributed by atoms with Crippen molar-refractivity contribution in [3.8, 4) is 0 Å². The number of hydrogen-bond acceptors (Lipinski definition) is 3. The predicted molar refractivity (Wildman–Crippen MR) is 89.6 cm³/mol. The number of nitrogens with zero attached hydrogens (tertiary/aromatic N) is 2. The van der Waals surface area contributed by atoms with Crippen LogP contribution in [0.5, 0.6) is 0 Å². The maximum Gasteiger partial charge on any atom is 0.0644 e. The van der Waals surface area contributed by atoms with Gasteiger partial charge in [-0.3, -0.25) is 9.80 Å². The summed E-state index contributed by atoms with van der Waals surface area (Å²) in [5, 5.41) is 10.1. The van der Waals surface area contributed by atoms with Crippen LogP contribution in [0.1, 0.15) is 67.2 Å². The van der Waals surface area contributed by atoms with E-state index < -0.39 is 5.60 Å². The second-order valence-electron chi connectivity index (χ2n) is 9.27. The molecule has 0 aliphatic carbocycles. The molecule has 124 valence electrons. The minimum Gasteiger partial charge on any atom is -0.390 e. The highest BCUT2D eigenvalue weighted by atomic mass is 16.3. The molecule has 0 radical (unpaired) electrons. The van der Waals surface area contributed by atoms with E-state index in [1.54, 1.807) is 0 Å². The van der Waals surface area contributed by atoms with Crippen LogP contribution >= 0.6 is 0 Å². The van der Waals surface area contributed by atoms with Crippen LogP contribution in [-0.2, 0) is 0 Å². The second-order valence-corrected chi connectivity index (χ2v) is 9.27. The highest BCUT2D eigenvalue weighted by Crippen LogP contribution is 2.34. The molecule has 2 saturated heterocycles. The minimum absolute atomic E-state index is 0.259. The smallest absolute Gasteiger partial charge is 0.0644 e. The Morgan fingerprint density at radius 3 is 2.05 bits per heavy atom. The zero-order valence-electron chi connectivity index (χ0n) is 15.1. The minimum atomic E-state index is -0.441. The van der Waals surface area contributed by atoms with E-state index in [2.05, 4.69) is 44.4 Å². The number of aliphatic hydroxyl groups is 1. The quantitative estimate of drug-likeness (QED) is 0.867. The molecule has 0 aromatic rings. The van der Waals surface area contributed by atoms with E-state index >= 15 is 0 Å². The van der Waals surface area contributed by atoms with Gasteiger partial charge in [-0.2, -0.15) is 0 Å². The van der Waals surface area contributed by atoms with Crippen LogP contribution in [0, 0.1) is 5.92 Å². The number of likely N-dealkylation sites (tertiary alicyclic amines) is 2. The van der Waals surface area contributed by atoms with Gasteiger partial charge in [0.05, 0.1) is 5.60 Å². The molecule has 0 amide bonds. The van der Waals surface area contributed by atoms with E-state index in [1.165, 1.54) is 25.9 Å². The van der Waals surface area contributed by atoms with Crippen LogP contribution in [0.2, 0.25) is 0 Å². The molecule has 1 atom stereocenters. The van der Waals surface area contributed by atoms with Gasteiger partial charge in [0.25, 0.3) is 0 Å². The SMILES string of the molecule is CC1(O)CCN(C(C)(C)CC2CCN(C(C)(C)C)C2)CC1. The van der Waals surface area contributed by atoms with Crippen molar-refractivity contribution in [2.45, 2.75) is 83.9 Å². The normalized spacial score (nSPS) is 29.0. The van der Waals surface area contributed by atoms with Gasteiger partial charge in [-0.15, -0.1) is 0 Å². The predicted octanol–water partition coefficient (Wildman–Crippen LogP) is 3.12. The Morgan fingerprint density at radius 2 is 1.57 bits per heavy atom. The van der Waals surface area contributed by atoms with Crippen LogP contribution in [0.3, 0.4) is 0 Å². The van der Waals surface area contributed by atoms with Gasteiger partial charge in [-0.1, -0.05) is 0 Å². The van der Waals surface area contributed by atoms with Gasteiger partial charge in [0.2, 0.25) is 0 Å². The summed E-state index contributed by atoms with van der Waals surface area (Å²) in [6.45, 7) is 18.3. The van der Waals surface area contributed by atoms with Gasteiger partial charge in [0, 0.05) is 30.7 Å². The van der Waals surface area contributed by atoms with Crippen LogP contribution in [0.25, 0.3) is 0 Å².